The summed E-state index contributed by atoms with van der Waals surface area (Å²) in [5.41, 5.74) is 0.519. The van der Waals surface area contributed by atoms with Gasteiger partial charge in [0.05, 0.1) is 0 Å². The number of carbonyl (C=O) groups excluding carboxylic acids is 1. The first-order valence-electron chi connectivity index (χ1n) is 6.46. The van der Waals surface area contributed by atoms with E-state index in [0.29, 0.717) is 11.6 Å². The van der Waals surface area contributed by atoms with Crippen LogP contribution in [0.15, 0.2) is 24.3 Å². The average molecular weight is 248 g/mol. The Morgan fingerprint density at radius 2 is 1.89 bits per heavy atom. The molecule has 3 N–H and O–H groups in total. The molecule has 18 heavy (non-hydrogen) atoms. The Bertz CT molecular complexity index is 412. The van der Waals surface area contributed by atoms with Gasteiger partial charge in [-0.05, 0) is 50.9 Å². The van der Waals surface area contributed by atoms with Crippen LogP contribution >= 0.6 is 0 Å². The number of nitrogens with one attached hydrogen (secondary N) is 2. The van der Waals surface area contributed by atoms with E-state index in [9.17, 15) is 9.90 Å². The maximum atomic E-state index is 12.0. The molecule has 1 fully saturated rings. The van der Waals surface area contributed by atoms with E-state index in [-0.39, 0.29) is 17.7 Å². The predicted octanol–water partition coefficient (Wildman–Crippen LogP) is 1.65. The standard InChI is InChI=1S/C14H20N2O2/c1-15-11-5-7-12(8-6-11)16-14(18)10-3-2-4-13(17)9-10/h2-4,9,11-12,15,17H,5-8H2,1H3,(H,16,18). The van der Waals surface area contributed by atoms with E-state index >= 15 is 0 Å². The van der Waals surface area contributed by atoms with Crippen LogP contribution in [0.5, 0.6) is 5.75 Å². The molecule has 0 radical (unpaired) electrons. The van der Waals surface area contributed by atoms with Crippen molar-refractivity contribution >= 4 is 5.91 Å². The highest BCUT2D eigenvalue weighted by Gasteiger charge is 2.21. The number of amides is 1. The van der Waals surface area contributed by atoms with Gasteiger partial charge in [0.15, 0.2) is 0 Å². The molecule has 1 amide bonds. The van der Waals surface area contributed by atoms with Gasteiger partial charge in [0, 0.05) is 17.6 Å². The normalized spacial score (nSPS) is 23.6. The third kappa shape index (κ3) is 3.23. The Balaban J connectivity index is 1.89. The quantitative estimate of drug-likeness (QED) is 0.762. The number of hydrogen-bond donors (Lipinski definition) is 3. The molecule has 4 nitrogen and oxygen atoms in total. The van der Waals surface area contributed by atoms with E-state index < -0.39 is 0 Å². The summed E-state index contributed by atoms with van der Waals surface area (Å²) in [6.45, 7) is 0. The largest absolute Gasteiger partial charge is 0.508 e. The topological polar surface area (TPSA) is 61.4 Å². The SMILES string of the molecule is CNC1CCC(NC(=O)c2cccc(O)c2)CC1. The van der Waals surface area contributed by atoms with Gasteiger partial charge in [-0.2, -0.15) is 0 Å². The fourth-order valence-electron chi connectivity index (χ4n) is 2.44. The smallest absolute Gasteiger partial charge is 0.251 e. The van der Waals surface area contributed by atoms with Crippen molar-refractivity contribution in [3.8, 4) is 5.75 Å². The lowest BCUT2D eigenvalue weighted by Crippen LogP contribution is -2.41. The van der Waals surface area contributed by atoms with Gasteiger partial charge < -0.3 is 15.7 Å². The van der Waals surface area contributed by atoms with Gasteiger partial charge in [-0.25, -0.2) is 0 Å². The van der Waals surface area contributed by atoms with Crippen molar-refractivity contribution in [2.75, 3.05) is 7.05 Å². The summed E-state index contributed by atoms with van der Waals surface area (Å²) in [5, 5.41) is 15.6. The minimum absolute atomic E-state index is 0.0983. The molecule has 0 saturated heterocycles. The first-order chi connectivity index (χ1) is 8.69. The molecule has 0 unspecified atom stereocenters. The Labute approximate surface area is 107 Å². The summed E-state index contributed by atoms with van der Waals surface area (Å²) in [7, 11) is 1.98. The highest BCUT2D eigenvalue weighted by atomic mass is 16.3. The average Bonchev–Trinajstić information content (AvgIpc) is 2.39. The van der Waals surface area contributed by atoms with Gasteiger partial charge in [-0.15, -0.1) is 0 Å². The van der Waals surface area contributed by atoms with Crippen LogP contribution in [0.2, 0.25) is 0 Å². The molecule has 1 aromatic rings. The van der Waals surface area contributed by atoms with Gasteiger partial charge in [0.1, 0.15) is 5.75 Å². The van der Waals surface area contributed by atoms with E-state index in [4.69, 9.17) is 0 Å². The first kappa shape index (κ1) is 12.9. The number of phenols is 1. The predicted molar refractivity (Wildman–Crippen MR) is 70.7 cm³/mol. The molecule has 1 saturated carbocycles. The Hall–Kier alpha value is -1.55. The molecule has 0 atom stereocenters. The Morgan fingerprint density at radius 3 is 2.50 bits per heavy atom. The van der Waals surface area contributed by atoms with E-state index in [2.05, 4.69) is 10.6 Å². The molecule has 1 aliphatic carbocycles. The number of benzene rings is 1. The van der Waals surface area contributed by atoms with Gasteiger partial charge in [-0.3, -0.25) is 4.79 Å². The Kier molecular flexibility index (Phi) is 4.20. The number of rotatable bonds is 3. The molecule has 0 aromatic heterocycles. The monoisotopic (exact) mass is 248 g/mol. The molecule has 2 rings (SSSR count). The summed E-state index contributed by atoms with van der Waals surface area (Å²) in [5.74, 6) is 0.0281. The zero-order chi connectivity index (χ0) is 13.0. The van der Waals surface area contributed by atoms with Crippen molar-refractivity contribution in [1.82, 2.24) is 10.6 Å². The van der Waals surface area contributed by atoms with Crippen molar-refractivity contribution in [1.29, 1.82) is 0 Å². The molecule has 0 bridgehead atoms. The fraction of sp³-hybridized carbons (Fsp3) is 0.500. The van der Waals surface area contributed by atoms with Gasteiger partial charge in [0.25, 0.3) is 5.91 Å². The number of carbonyl (C=O) groups is 1. The highest BCUT2D eigenvalue weighted by molar-refractivity contribution is 5.94. The second-order valence-electron chi connectivity index (χ2n) is 4.86. The van der Waals surface area contributed by atoms with Crippen molar-refractivity contribution in [3.05, 3.63) is 29.8 Å². The molecular formula is C14H20N2O2. The van der Waals surface area contributed by atoms with Gasteiger partial charge in [0.2, 0.25) is 0 Å². The molecule has 0 spiro atoms. The Morgan fingerprint density at radius 1 is 1.22 bits per heavy atom. The minimum atomic E-state index is -0.0983. The molecular weight excluding hydrogens is 228 g/mol. The lowest BCUT2D eigenvalue weighted by Gasteiger charge is -2.28. The van der Waals surface area contributed by atoms with E-state index in [1.54, 1.807) is 18.2 Å². The van der Waals surface area contributed by atoms with Crippen LogP contribution in [0.1, 0.15) is 36.0 Å². The van der Waals surface area contributed by atoms with E-state index in [0.717, 1.165) is 25.7 Å². The highest BCUT2D eigenvalue weighted by Crippen LogP contribution is 2.19. The molecule has 4 heteroatoms. The zero-order valence-electron chi connectivity index (χ0n) is 10.6. The van der Waals surface area contributed by atoms with Crippen LogP contribution in [0, 0.1) is 0 Å². The van der Waals surface area contributed by atoms with Crippen molar-refractivity contribution < 1.29 is 9.90 Å². The summed E-state index contributed by atoms with van der Waals surface area (Å²) in [4.78, 5) is 12.0. The van der Waals surface area contributed by atoms with Crippen LogP contribution in [0.25, 0.3) is 0 Å². The lowest BCUT2D eigenvalue weighted by molar-refractivity contribution is 0.0924. The van der Waals surface area contributed by atoms with Crippen molar-refractivity contribution in [2.45, 2.75) is 37.8 Å². The number of aromatic hydroxyl groups is 1. The van der Waals surface area contributed by atoms with Crippen LogP contribution in [0.3, 0.4) is 0 Å². The maximum absolute atomic E-state index is 12.0. The first-order valence-corrected chi connectivity index (χ1v) is 6.46. The second-order valence-corrected chi connectivity index (χ2v) is 4.86. The molecule has 1 aromatic carbocycles. The zero-order valence-corrected chi connectivity index (χ0v) is 10.6. The maximum Gasteiger partial charge on any atom is 0.251 e. The van der Waals surface area contributed by atoms with Gasteiger partial charge in [-0.1, -0.05) is 6.07 Å². The third-order valence-corrected chi connectivity index (χ3v) is 3.58. The number of phenolic OH excluding ortho intramolecular Hbond substituents is 1. The van der Waals surface area contributed by atoms with Crippen molar-refractivity contribution in [3.63, 3.8) is 0 Å². The van der Waals surface area contributed by atoms with Crippen LogP contribution in [-0.4, -0.2) is 30.1 Å². The summed E-state index contributed by atoms with van der Waals surface area (Å²) >= 11 is 0. The number of hydrogen-bond acceptors (Lipinski definition) is 3. The third-order valence-electron chi connectivity index (χ3n) is 3.58. The van der Waals surface area contributed by atoms with Crippen LogP contribution in [-0.2, 0) is 0 Å². The fourth-order valence-corrected chi connectivity index (χ4v) is 2.44. The molecule has 0 aliphatic heterocycles. The van der Waals surface area contributed by atoms with Crippen molar-refractivity contribution in [2.24, 2.45) is 0 Å². The van der Waals surface area contributed by atoms with Crippen LogP contribution < -0.4 is 10.6 Å². The van der Waals surface area contributed by atoms with Crippen LogP contribution in [0.4, 0.5) is 0 Å². The van der Waals surface area contributed by atoms with Gasteiger partial charge >= 0.3 is 0 Å². The lowest BCUT2D eigenvalue weighted by atomic mass is 9.91. The summed E-state index contributed by atoms with van der Waals surface area (Å²) in [6.07, 6.45) is 4.22. The summed E-state index contributed by atoms with van der Waals surface area (Å²) < 4.78 is 0. The summed E-state index contributed by atoms with van der Waals surface area (Å²) in [6, 6.07) is 7.29. The minimum Gasteiger partial charge on any atom is -0.508 e. The molecule has 98 valence electrons. The van der Waals surface area contributed by atoms with E-state index in [1.165, 1.54) is 6.07 Å². The molecule has 0 heterocycles. The second kappa shape index (κ2) is 5.87. The van der Waals surface area contributed by atoms with E-state index in [1.807, 2.05) is 7.05 Å². The molecule has 1 aliphatic rings.